The summed E-state index contributed by atoms with van der Waals surface area (Å²) in [7, 11) is 0. The summed E-state index contributed by atoms with van der Waals surface area (Å²) in [4.78, 5) is 24.9. The highest BCUT2D eigenvalue weighted by atomic mass is 32.2. The number of aliphatic carboxylic acids is 1. The molecule has 3 atom stereocenters. The highest BCUT2D eigenvalue weighted by Crippen LogP contribution is 2.36. The van der Waals surface area contributed by atoms with Gasteiger partial charge in [-0.25, -0.2) is 4.79 Å². The zero-order valence-corrected chi connectivity index (χ0v) is 12.8. The Morgan fingerprint density at radius 2 is 2.32 bits per heavy atom. The van der Waals surface area contributed by atoms with E-state index < -0.39 is 12.0 Å². The number of hydrogen-bond donors (Lipinski definition) is 2. The van der Waals surface area contributed by atoms with Crippen molar-refractivity contribution in [2.45, 2.75) is 37.6 Å². The van der Waals surface area contributed by atoms with E-state index in [-0.39, 0.29) is 23.6 Å². The lowest BCUT2D eigenvalue weighted by atomic mass is 10.0. The molecule has 0 aliphatic carbocycles. The zero-order chi connectivity index (χ0) is 14.4. The van der Waals surface area contributed by atoms with E-state index >= 15 is 0 Å². The molecule has 0 aromatic rings. The van der Waals surface area contributed by atoms with Crippen molar-refractivity contribution in [3.05, 3.63) is 12.7 Å². The summed E-state index contributed by atoms with van der Waals surface area (Å²) in [5.74, 6) is 0.147. The predicted octanol–water partition coefficient (Wildman–Crippen LogP) is 2.26. The SMILES string of the molecule is C=CCCC(C)C1SCC(C(=O)O)N1C(=O)CCS. The van der Waals surface area contributed by atoms with E-state index in [9.17, 15) is 14.7 Å². The summed E-state index contributed by atoms with van der Waals surface area (Å²) in [5.41, 5.74) is 0. The van der Waals surface area contributed by atoms with Crippen LogP contribution in [-0.4, -0.2) is 44.8 Å². The summed E-state index contributed by atoms with van der Waals surface area (Å²) in [6, 6.07) is -0.700. The molecule has 1 saturated heterocycles. The van der Waals surface area contributed by atoms with Crippen LogP contribution >= 0.6 is 24.4 Å². The van der Waals surface area contributed by atoms with Crippen LogP contribution in [0.15, 0.2) is 12.7 Å². The van der Waals surface area contributed by atoms with Gasteiger partial charge in [0.25, 0.3) is 0 Å². The maximum atomic E-state index is 12.1. The Morgan fingerprint density at radius 1 is 1.63 bits per heavy atom. The van der Waals surface area contributed by atoms with Crippen molar-refractivity contribution in [1.82, 2.24) is 4.90 Å². The molecule has 4 nitrogen and oxygen atoms in total. The molecule has 3 unspecified atom stereocenters. The molecular formula is C13H21NO3S2. The van der Waals surface area contributed by atoms with E-state index in [0.29, 0.717) is 11.5 Å². The van der Waals surface area contributed by atoms with Crippen molar-refractivity contribution in [2.24, 2.45) is 5.92 Å². The van der Waals surface area contributed by atoms with Gasteiger partial charge in [0.05, 0.1) is 5.37 Å². The summed E-state index contributed by atoms with van der Waals surface area (Å²) in [6.45, 7) is 5.76. The summed E-state index contributed by atoms with van der Waals surface area (Å²) in [5, 5.41) is 9.19. The maximum Gasteiger partial charge on any atom is 0.327 e. The molecule has 1 aliphatic rings. The fourth-order valence-electron chi connectivity index (χ4n) is 2.22. The number of thioether (sulfide) groups is 1. The maximum absolute atomic E-state index is 12.1. The topological polar surface area (TPSA) is 57.6 Å². The second-order valence-electron chi connectivity index (χ2n) is 4.70. The minimum Gasteiger partial charge on any atom is -0.480 e. The highest BCUT2D eigenvalue weighted by Gasteiger charge is 2.43. The van der Waals surface area contributed by atoms with E-state index in [2.05, 4.69) is 26.1 Å². The predicted molar refractivity (Wildman–Crippen MR) is 81.6 cm³/mol. The second-order valence-corrected chi connectivity index (χ2v) is 6.29. The largest absolute Gasteiger partial charge is 0.480 e. The van der Waals surface area contributed by atoms with Gasteiger partial charge in [0.2, 0.25) is 5.91 Å². The van der Waals surface area contributed by atoms with Crippen LogP contribution < -0.4 is 0 Å². The van der Waals surface area contributed by atoms with Gasteiger partial charge in [0.15, 0.2) is 0 Å². The molecule has 0 radical (unpaired) electrons. The van der Waals surface area contributed by atoms with Crippen molar-refractivity contribution < 1.29 is 14.7 Å². The number of carbonyl (C=O) groups excluding carboxylic acids is 1. The molecule has 1 aliphatic heterocycles. The average Bonchev–Trinajstić information content (AvgIpc) is 2.81. The minimum absolute atomic E-state index is 0.0477. The third-order valence-corrected chi connectivity index (χ3v) is 5.01. The van der Waals surface area contributed by atoms with Crippen LogP contribution in [-0.2, 0) is 9.59 Å². The molecule has 0 spiro atoms. The van der Waals surface area contributed by atoms with Crippen LogP contribution in [0.2, 0.25) is 0 Å². The van der Waals surface area contributed by atoms with Gasteiger partial charge in [-0.15, -0.1) is 18.3 Å². The normalized spacial score (nSPS) is 24.2. The Balaban J connectivity index is 2.81. The monoisotopic (exact) mass is 303 g/mol. The number of allylic oxidation sites excluding steroid dienone is 1. The van der Waals surface area contributed by atoms with E-state index in [1.807, 2.05) is 6.08 Å². The lowest BCUT2D eigenvalue weighted by Crippen LogP contribution is -2.47. The van der Waals surface area contributed by atoms with Gasteiger partial charge in [-0.3, -0.25) is 4.79 Å². The van der Waals surface area contributed by atoms with Gasteiger partial charge >= 0.3 is 5.97 Å². The van der Waals surface area contributed by atoms with Crippen molar-refractivity contribution >= 4 is 36.3 Å². The zero-order valence-electron chi connectivity index (χ0n) is 11.1. The van der Waals surface area contributed by atoms with E-state index in [1.54, 1.807) is 16.7 Å². The molecule has 1 amide bonds. The molecule has 0 aromatic heterocycles. The summed E-state index contributed by atoms with van der Waals surface area (Å²) in [6.07, 6.45) is 3.94. The first-order valence-corrected chi connectivity index (χ1v) is 8.08. The molecule has 0 saturated carbocycles. The van der Waals surface area contributed by atoms with Crippen LogP contribution in [0.4, 0.5) is 0 Å². The number of nitrogens with zero attached hydrogens (tertiary/aromatic N) is 1. The van der Waals surface area contributed by atoms with Crippen LogP contribution in [0.5, 0.6) is 0 Å². The third kappa shape index (κ3) is 4.18. The number of rotatable bonds is 7. The Labute approximate surface area is 124 Å². The van der Waals surface area contributed by atoms with E-state index in [0.717, 1.165) is 12.8 Å². The Hall–Kier alpha value is -0.620. The molecule has 1 fully saturated rings. The van der Waals surface area contributed by atoms with Gasteiger partial charge < -0.3 is 10.0 Å². The fourth-order valence-corrected chi connectivity index (χ4v) is 3.98. The van der Waals surface area contributed by atoms with Crippen molar-refractivity contribution in [2.75, 3.05) is 11.5 Å². The molecular weight excluding hydrogens is 282 g/mol. The number of hydrogen-bond acceptors (Lipinski definition) is 4. The molecule has 1 N–H and O–H groups in total. The number of carboxylic acid groups (broad SMARTS) is 1. The standard InChI is InChI=1S/C13H21NO3S2/c1-3-4-5-9(2)12-14(11(15)6-7-18)10(8-19-12)13(16)17/h3,9-10,12,18H,1,4-8H2,2H3,(H,16,17). The second kappa shape index (κ2) is 7.85. The minimum atomic E-state index is -0.918. The first kappa shape index (κ1) is 16.4. The van der Waals surface area contributed by atoms with Crippen LogP contribution in [0, 0.1) is 5.92 Å². The lowest BCUT2D eigenvalue weighted by molar-refractivity contribution is -0.149. The van der Waals surface area contributed by atoms with Crippen molar-refractivity contribution in [3.63, 3.8) is 0 Å². The highest BCUT2D eigenvalue weighted by molar-refractivity contribution is 8.00. The molecule has 108 valence electrons. The molecule has 1 heterocycles. The van der Waals surface area contributed by atoms with Crippen molar-refractivity contribution in [3.8, 4) is 0 Å². The summed E-state index contributed by atoms with van der Waals surface area (Å²) < 4.78 is 0. The van der Waals surface area contributed by atoms with E-state index in [4.69, 9.17) is 0 Å². The van der Waals surface area contributed by atoms with Gasteiger partial charge in [-0.1, -0.05) is 13.0 Å². The number of amides is 1. The smallest absolute Gasteiger partial charge is 0.327 e. The van der Waals surface area contributed by atoms with Gasteiger partial charge in [0, 0.05) is 12.2 Å². The lowest BCUT2D eigenvalue weighted by Gasteiger charge is -2.31. The Bertz CT molecular complexity index is 349. The van der Waals surface area contributed by atoms with Crippen LogP contribution in [0.3, 0.4) is 0 Å². The quantitative estimate of drug-likeness (QED) is 0.559. The van der Waals surface area contributed by atoms with Crippen molar-refractivity contribution in [1.29, 1.82) is 0 Å². The molecule has 6 heteroatoms. The number of carbonyl (C=O) groups is 2. The summed E-state index contributed by atoms with van der Waals surface area (Å²) >= 11 is 5.62. The third-order valence-electron chi connectivity index (χ3n) is 3.25. The van der Waals surface area contributed by atoms with Gasteiger partial charge in [-0.2, -0.15) is 12.6 Å². The number of thiol groups is 1. The van der Waals surface area contributed by atoms with E-state index in [1.165, 1.54) is 0 Å². The Morgan fingerprint density at radius 3 is 2.84 bits per heavy atom. The first-order valence-electron chi connectivity index (χ1n) is 6.40. The number of carboxylic acids is 1. The first-order chi connectivity index (χ1) is 9.02. The van der Waals surface area contributed by atoms with Crippen LogP contribution in [0.1, 0.15) is 26.2 Å². The Kier molecular flexibility index (Phi) is 6.79. The average molecular weight is 303 g/mol. The van der Waals surface area contributed by atoms with Crippen LogP contribution in [0.25, 0.3) is 0 Å². The van der Waals surface area contributed by atoms with Gasteiger partial charge in [0.1, 0.15) is 6.04 Å². The van der Waals surface area contributed by atoms with Gasteiger partial charge in [-0.05, 0) is 24.5 Å². The molecule has 0 aromatic carbocycles. The molecule has 0 bridgehead atoms. The fraction of sp³-hybridized carbons (Fsp3) is 0.692. The molecule has 1 rings (SSSR count). The molecule has 19 heavy (non-hydrogen) atoms.